The summed E-state index contributed by atoms with van der Waals surface area (Å²) in [6.45, 7) is 2.77. The fourth-order valence-electron chi connectivity index (χ4n) is 3.35. The molecule has 1 saturated heterocycles. The zero-order valence-corrected chi connectivity index (χ0v) is 12.9. The molecule has 0 atom stereocenters. The molecule has 1 aromatic heterocycles. The molecule has 0 spiro atoms. The minimum Gasteiger partial charge on any atom is -0.510 e. The number of imidazole rings is 1. The highest BCUT2D eigenvalue weighted by Gasteiger charge is 2.32. The van der Waals surface area contributed by atoms with Crippen LogP contribution in [0.5, 0.6) is 0 Å². The number of benzene rings is 1. The molecule has 6 nitrogen and oxygen atoms in total. The summed E-state index contributed by atoms with van der Waals surface area (Å²) in [7, 11) is 0. The van der Waals surface area contributed by atoms with Gasteiger partial charge in [-0.25, -0.2) is 4.98 Å². The van der Waals surface area contributed by atoms with Gasteiger partial charge in [0.2, 0.25) is 0 Å². The Labute approximate surface area is 134 Å². The summed E-state index contributed by atoms with van der Waals surface area (Å²) in [5, 5.41) is 18.8. The summed E-state index contributed by atoms with van der Waals surface area (Å²) in [5.41, 5.74) is 2.28. The Morgan fingerprint density at radius 1 is 1.30 bits per heavy atom. The van der Waals surface area contributed by atoms with Gasteiger partial charge >= 0.3 is 0 Å². The first-order chi connectivity index (χ1) is 11.2. The van der Waals surface area contributed by atoms with E-state index < -0.39 is 0 Å². The molecule has 4 rings (SSSR count). The zero-order valence-electron chi connectivity index (χ0n) is 12.9. The first-order valence-electron chi connectivity index (χ1n) is 8.01. The van der Waals surface area contributed by atoms with Crippen LogP contribution in [0.1, 0.15) is 18.7 Å². The molecule has 0 bridgehead atoms. The second kappa shape index (κ2) is 5.70. The van der Waals surface area contributed by atoms with E-state index in [0.717, 1.165) is 43.6 Å². The van der Waals surface area contributed by atoms with E-state index in [4.69, 9.17) is 10.1 Å². The number of nitrogens with zero attached hydrogens (tertiary/aromatic N) is 2. The van der Waals surface area contributed by atoms with Gasteiger partial charge in [0.05, 0.1) is 23.2 Å². The number of para-hydroxylation sites is 2. The highest BCUT2D eigenvalue weighted by atomic mass is 16.5. The second-order valence-corrected chi connectivity index (χ2v) is 6.21. The molecule has 2 aliphatic rings. The smallest absolute Gasteiger partial charge is 0.145 e. The third kappa shape index (κ3) is 2.59. The number of amidine groups is 1. The lowest BCUT2D eigenvalue weighted by atomic mass is 10.00. The highest BCUT2D eigenvalue weighted by molar-refractivity contribution is 6.23. The van der Waals surface area contributed by atoms with Crippen molar-refractivity contribution in [1.82, 2.24) is 14.9 Å². The molecule has 120 valence electrons. The van der Waals surface area contributed by atoms with Crippen molar-refractivity contribution < 1.29 is 9.84 Å². The summed E-state index contributed by atoms with van der Waals surface area (Å²) in [6, 6.07) is 7.74. The van der Waals surface area contributed by atoms with Crippen molar-refractivity contribution in [3.05, 3.63) is 35.8 Å². The number of nitrogens with one attached hydrogen (secondary N) is 2. The van der Waals surface area contributed by atoms with Gasteiger partial charge in [-0.3, -0.25) is 5.41 Å². The van der Waals surface area contributed by atoms with Gasteiger partial charge in [-0.1, -0.05) is 12.1 Å². The summed E-state index contributed by atoms with van der Waals surface area (Å²) < 4.78 is 5.39. The largest absolute Gasteiger partial charge is 0.510 e. The fourth-order valence-corrected chi connectivity index (χ4v) is 3.35. The number of ether oxygens (including phenoxy) is 1. The number of H-pyrrole nitrogens is 1. The predicted octanol–water partition coefficient (Wildman–Crippen LogP) is 2.55. The van der Waals surface area contributed by atoms with Crippen molar-refractivity contribution in [2.75, 3.05) is 26.3 Å². The van der Waals surface area contributed by atoms with E-state index in [-0.39, 0.29) is 5.76 Å². The molecule has 0 aliphatic carbocycles. The highest BCUT2D eigenvalue weighted by Crippen LogP contribution is 2.28. The van der Waals surface area contributed by atoms with Crippen molar-refractivity contribution in [2.45, 2.75) is 12.8 Å². The van der Waals surface area contributed by atoms with Gasteiger partial charge in [0.15, 0.2) is 0 Å². The first-order valence-corrected chi connectivity index (χ1v) is 8.01. The summed E-state index contributed by atoms with van der Waals surface area (Å²) in [4.78, 5) is 9.66. The average Bonchev–Trinajstić information content (AvgIpc) is 3.09. The van der Waals surface area contributed by atoms with Crippen molar-refractivity contribution in [1.29, 1.82) is 5.41 Å². The van der Waals surface area contributed by atoms with Crippen LogP contribution in [0.3, 0.4) is 0 Å². The molecule has 2 aliphatic heterocycles. The molecule has 3 heterocycles. The standard InChI is InChI=1S/C17H20N4O2/c18-16-15(17-19-12-3-1-2-4-13(12)20-17)14(22)10-21(16)9-11-5-7-23-8-6-11/h1-4,11,18,22H,5-10H2,(H,19,20). The summed E-state index contributed by atoms with van der Waals surface area (Å²) in [6.07, 6.45) is 2.04. The molecule has 0 radical (unpaired) electrons. The molecule has 3 N–H and O–H groups in total. The van der Waals surface area contributed by atoms with Crippen LogP contribution in [-0.4, -0.2) is 52.1 Å². The monoisotopic (exact) mass is 312 g/mol. The molecular formula is C17H20N4O2. The van der Waals surface area contributed by atoms with Gasteiger partial charge < -0.3 is 19.7 Å². The van der Waals surface area contributed by atoms with Gasteiger partial charge in [0.25, 0.3) is 0 Å². The number of aliphatic hydroxyl groups is 1. The number of aromatic amines is 1. The Morgan fingerprint density at radius 2 is 2.09 bits per heavy atom. The van der Waals surface area contributed by atoms with E-state index >= 15 is 0 Å². The lowest BCUT2D eigenvalue weighted by Gasteiger charge is -2.28. The Balaban J connectivity index is 1.56. The van der Waals surface area contributed by atoms with Crippen LogP contribution in [0, 0.1) is 11.3 Å². The van der Waals surface area contributed by atoms with Crippen molar-refractivity contribution in [3.63, 3.8) is 0 Å². The molecule has 23 heavy (non-hydrogen) atoms. The molecule has 1 aromatic carbocycles. The number of aliphatic hydroxyl groups excluding tert-OH is 1. The van der Waals surface area contributed by atoms with Crippen molar-refractivity contribution in [2.24, 2.45) is 5.92 Å². The quantitative estimate of drug-likeness (QED) is 0.813. The lowest BCUT2D eigenvalue weighted by molar-refractivity contribution is 0.0600. The third-order valence-electron chi connectivity index (χ3n) is 4.63. The Bertz CT molecular complexity index is 741. The Kier molecular flexibility index (Phi) is 3.53. The Morgan fingerprint density at radius 3 is 2.87 bits per heavy atom. The van der Waals surface area contributed by atoms with Crippen LogP contribution in [0.2, 0.25) is 0 Å². The van der Waals surface area contributed by atoms with E-state index in [0.29, 0.717) is 29.7 Å². The second-order valence-electron chi connectivity index (χ2n) is 6.21. The SMILES string of the molecule is N=C1C(c2nc3ccccc3[nH]2)=C(O)CN1CC1CCOCC1. The minimum absolute atomic E-state index is 0.223. The number of hydrogen-bond donors (Lipinski definition) is 3. The van der Waals surface area contributed by atoms with Crippen molar-refractivity contribution >= 4 is 22.4 Å². The number of hydrogen-bond acceptors (Lipinski definition) is 4. The van der Waals surface area contributed by atoms with E-state index in [9.17, 15) is 5.11 Å². The van der Waals surface area contributed by atoms with Crippen LogP contribution in [-0.2, 0) is 4.74 Å². The number of rotatable bonds is 3. The number of aromatic nitrogens is 2. The van der Waals surface area contributed by atoms with Crippen LogP contribution < -0.4 is 0 Å². The molecule has 0 saturated carbocycles. The van der Waals surface area contributed by atoms with Crippen LogP contribution in [0.4, 0.5) is 0 Å². The van der Waals surface area contributed by atoms with Gasteiger partial charge in [0.1, 0.15) is 17.4 Å². The van der Waals surface area contributed by atoms with Gasteiger partial charge in [-0.2, -0.15) is 0 Å². The Hall–Kier alpha value is -2.34. The topological polar surface area (TPSA) is 85.2 Å². The first kappa shape index (κ1) is 14.3. The van der Waals surface area contributed by atoms with Crippen LogP contribution in [0.15, 0.2) is 30.0 Å². The summed E-state index contributed by atoms with van der Waals surface area (Å²) >= 11 is 0. The average molecular weight is 312 g/mol. The maximum Gasteiger partial charge on any atom is 0.145 e. The number of fused-ring (bicyclic) bond motifs is 1. The molecule has 6 heteroatoms. The summed E-state index contributed by atoms with van der Waals surface area (Å²) in [5.74, 6) is 1.67. The molecule has 1 fully saturated rings. The predicted molar refractivity (Wildman–Crippen MR) is 88.5 cm³/mol. The maximum atomic E-state index is 10.4. The van der Waals surface area contributed by atoms with E-state index in [2.05, 4.69) is 9.97 Å². The normalized spacial score (nSPS) is 20.0. The molecule has 0 amide bonds. The molecular weight excluding hydrogens is 292 g/mol. The molecule has 2 aromatic rings. The lowest BCUT2D eigenvalue weighted by Crippen LogP contribution is -2.34. The van der Waals surface area contributed by atoms with Crippen LogP contribution in [0.25, 0.3) is 16.6 Å². The maximum absolute atomic E-state index is 10.4. The molecule has 0 unspecified atom stereocenters. The van der Waals surface area contributed by atoms with Crippen molar-refractivity contribution in [3.8, 4) is 0 Å². The van der Waals surface area contributed by atoms with Gasteiger partial charge in [-0.15, -0.1) is 0 Å². The zero-order chi connectivity index (χ0) is 15.8. The fraction of sp³-hybridized carbons (Fsp3) is 0.412. The minimum atomic E-state index is 0.223. The van der Waals surface area contributed by atoms with E-state index in [1.807, 2.05) is 29.2 Å². The van der Waals surface area contributed by atoms with Crippen LogP contribution >= 0.6 is 0 Å². The van der Waals surface area contributed by atoms with Gasteiger partial charge in [0, 0.05) is 19.8 Å². The third-order valence-corrected chi connectivity index (χ3v) is 4.63. The van der Waals surface area contributed by atoms with Gasteiger partial charge in [-0.05, 0) is 30.9 Å². The van der Waals surface area contributed by atoms with E-state index in [1.165, 1.54) is 0 Å². The van der Waals surface area contributed by atoms with E-state index in [1.54, 1.807) is 0 Å².